The number of esters is 3. The van der Waals surface area contributed by atoms with Gasteiger partial charge in [-0.3, -0.25) is 14.4 Å². The van der Waals surface area contributed by atoms with E-state index in [9.17, 15) is 14.4 Å². The fourth-order valence-electron chi connectivity index (χ4n) is 6.32. The van der Waals surface area contributed by atoms with Crippen LogP contribution in [0.5, 0.6) is 0 Å². The van der Waals surface area contributed by atoms with Crippen molar-refractivity contribution in [1.29, 1.82) is 0 Å². The van der Waals surface area contributed by atoms with E-state index in [4.69, 9.17) is 14.2 Å². The van der Waals surface area contributed by atoms with Gasteiger partial charge in [-0.05, 0) is 37.0 Å². The lowest BCUT2D eigenvalue weighted by Gasteiger charge is -2.18. The van der Waals surface area contributed by atoms with Crippen molar-refractivity contribution in [3.05, 3.63) is 0 Å². The van der Waals surface area contributed by atoms with Crippen molar-refractivity contribution < 1.29 is 28.6 Å². The highest BCUT2D eigenvalue weighted by molar-refractivity contribution is 5.71. The van der Waals surface area contributed by atoms with Crippen LogP contribution in [0.25, 0.3) is 0 Å². The van der Waals surface area contributed by atoms with Gasteiger partial charge >= 0.3 is 17.9 Å². The Hall–Kier alpha value is -1.59. The summed E-state index contributed by atoms with van der Waals surface area (Å²) < 4.78 is 16.7. The SMILES string of the molecule is CCC(C)CCCCCCCCCCC(=O)OC[C@H](COC(=O)CCCCCCCCCC(C)C)OC(=O)CCCCCCCCCC(C)C. The zero-order valence-corrected chi connectivity index (χ0v) is 34.2. The van der Waals surface area contributed by atoms with Gasteiger partial charge in [0.05, 0.1) is 0 Å². The van der Waals surface area contributed by atoms with Crippen molar-refractivity contribution >= 4 is 17.9 Å². The van der Waals surface area contributed by atoms with Crippen LogP contribution in [0.3, 0.4) is 0 Å². The molecule has 0 amide bonds. The minimum atomic E-state index is -0.762. The maximum atomic E-state index is 12.6. The third kappa shape index (κ3) is 36.2. The maximum absolute atomic E-state index is 12.6. The van der Waals surface area contributed by atoms with Gasteiger partial charge in [0, 0.05) is 19.3 Å². The predicted octanol–water partition coefficient (Wildman–Crippen LogP) is 13.3. The molecule has 1 unspecified atom stereocenters. The van der Waals surface area contributed by atoms with Crippen LogP contribution >= 0.6 is 0 Å². The molecule has 0 aromatic heterocycles. The Morgan fingerprint density at radius 1 is 0.400 bits per heavy atom. The molecule has 0 rings (SSSR count). The summed E-state index contributed by atoms with van der Waals surface area (Å²) in [7, 11) is 0. The third-order valence-corrected chi connectivity index (χ3v) is 10.0. The van der Waals surface area contributed by atoms with Gasteiger partial charge in [-0.15, -0.1) is 0 Å². The van der Waals surface area contributed by atoms with E-state index in [1.54, 1.807) is 0 Å². The summed E-state index contributed by atoms with van der Waals surface area (Å²) in [6, 6.07) is 0. The highest BCUT2D eigenvalue weighted by Crippen LogP contribution is 2.17. The van der Waals surface area contributed by atoms with Crippen LogP contribution in [0.4, 0.5) is 0 Å². The second-order valence-corrected chi connectivity index (χ2v) is 16.2. The molecule has 6 heteroatoms. The van der Waals surface area contributed by atoms with Gasteiger partial charge in [0.1, 0.15) is 13.2 Å². The summed E-state index contributed by atoms with van der Waals surface area (Å²) >= 11 is 0. The van der Waals surface area contributed by atoms with Crippen LogP contribution in [0.2, 0.25) is 0 Å². The molecule has 0 aromatic rings. The molecule has 0 heterocycles. The van der Waals surface area contributed by atoms with Crippen LogP contribution in [-0.2, 0) is 28.6 Å². The van der Waals surface area contributed by atoms with Gasteiger partial charge in [-0.1, -0.05) is 189 Å². The molecule has 0 aliphatic heterocycles. The molecule has 0 aliphatic rings. The third-order valence-electron chi connectivity index (χ3n) is 10.0. The van der Waals surface area contributed by atoms with Crippen molar-refractivity contribution in [2.24, 2.45) is 17.8 Å². The molecule has 0 spiro atoms. The van der Waals surface area contributed by atoms with Gasteiger partial charge < -0.3 is 14.2 Å². The highest BCUT2D eigenvalue weighted by atomic mass is 16.6. The van der Waals surface area contributed by atoms with Gasteiger partial charge in [-0.25, -0.2) is 0 Å². The largest absolute Gasteiger partial charge is 0.462 e. The molecule has 0 saturated carbocycles. The van der Waals surface area contributed by atoms with Gasteiger partial charge in [-0.2, -0.15) is 0 Å². The quantitative estimate of drug-likeness (QED) is 0.0363. The number of unbranched alkanes of at least 4 members (excludes halogenated alkanes) is 19. The zero-order valence-electron chi connectivity index (χ0n) is 34.2. The van der Waals surface area contributed by atoms with Gasteiger partial charge in [0.15, 0.2) is 6.10 Å². The number of carbonyl (C=O) groups excluding carboxylic acids is 3. The number of ether oxygens (including phenoxy) is 3. The molecule has 50 heavy (non-hydrogen) atoms. The van der Waals surface area contributed by atoms with Crippen LogP contribution < -0.4 is 0 Å². The fraction of sp³-hybridized carbons (Fsp3) is 0.932. The smallest absolute Gasteiger partial charge is 0.306 e. The monoisotopic (exact) mass is 709 g/mol. The Morgan fingerprint density at radius 3 is 1.04 bits per heavy atom. The molecule has 6 nitrogen and oxygen atoms in total. The summed E-state index contributed by atoms with van der Waals surface area (Å²) in [5.74, 6) is 1.54. The second-order valence-electron chi connectivity index (χ2n) is 16.2. The van der Waals surface area contributed by atoms with Crippen LogP contribution in [0, 0.1) is 17.8 Å². The van der Waals surface area contributed by atoms with Crippen molar-refractivity contribution in [3.8, 4) is 0 Å². The molecule has 0 fully saturated rings. The number of hydrogen-bond acceptors (Lipinski definition) is 6. The van der Waals surface area contributed by atoms with Gasteiger partial charge in [0.2, 0.25) is 0 Å². The minimum absolute atomic E-state index is 0.0678. The Bertz CT molecular complexity index is 778. The molecule has 0 radical (unpaired) electrons. The summed E-state index contributed by atoms with van der Waals surface area (Å²) in [5, 5.41) is 0. The standard InChI is InChI=1S/C44H84O6/c1-7-40(6)32-26-20-14-8-9-15-21-27-33-42(45)48-36-41(50-44(47)35-29-23-17-11-13-19-25-31-39(4)5)37-49-43(46)34-28-22-16-10-12-18-24-30-38(2)3/h38-41H,7-37H2,1-6H3/t40?,41-/m1/s1. The molecule has 0 N–H and O–H groups in total. The van der Waals surface area contributed by atoms with E-state index in [1.165, 1.54) is 109 Å². The van der Waals surface area contributed by atoms with Crippen molar-refractivity contribution in [2.45, 2.75) is 234 Å². The van der Waals surface area contributed by atoms with Crippen LogP contribution in [0.1, 0.15) is 228 Å². The highest BCUT2D eigenvalue weighted by Gasteiger charge is 2.19. The fourth-order valence-corrected chi connectivity index (χ4v) is 6.32. The first-order valence-corrected chi connectivity index (χ1v) is 21.6. The average Bonchev–Trinajstić information content (AvgIpc) is 3.08. The molecule has 0 aromatic carbocycles. The Kier molecular flexibility index (Phi) is 34.7. The molecular formula is C44H84O6. The zero-order chi connectivity index (χ0) is 37.1. The van der Waals surface area contributed by atoms with Crippen molar-refractivity contribution in [3.63, 3.8) is 0 Å². The summed E-state index contributed by atoms with van der Waals surface area (Å²) in [4.78, 5) is 37.6. The summed E-state index contributed by atoms with van der Waals surface area (Å²) in [6.45, 7) is 13.6. The lowest BCUT2D eigenvalue weighted by molar-refractivity contribution is -0.167. The predicted molar refractivity (Wildman–Crippen MR) is 210 cm³/mol. The molecule has 296 valence electrons. The number of hydrogen-bond donors (Lipinski definition) is 0. The van der Waals surface area contributed by atoms with Crippen LogP contribution in [-0.4, -0.2) is 37.2 Å². The van der Waals surface area contributed by atoms with Crippen LogP contribution in [0.15, 0.2) is 0 Å². The first-order valence-electron chi connectivity index (χ1n) is 21.6. The van der Waals surface area contributed by atoms with Crippen molar-refractivity contribution in [1.82, 2.24) is 0 Å². The molecular weight excluding hydrogens is 624 g/mol. The first-order chi connectivity index (χ1) is 24.1. The van der Waals surface area contributed by atoms with E-state index < -0.39 is 6.10 Å². The Balaban J connectivity index is 4.36. The van der Waals surface area contributed by atoms with E-state index in [0.717, 1.165) is 75.5 Å². The Morgan fingerprint density at radius 2 is 0.700 bits per heavy atom. The van der Waals surface area contributed by atoms with Crippen molar-refractivity contribution in [2.75, 3.05) is 13.2 Å². The first kappa shape index (κ1) is 48.4. The van der Waals surface area contributed by atoms with E-state index in [1.807, 2.05) is 0 Å². The van der Waals surface area contributed by atoms with Gasteiger partial charge in [0.25, 0.3) is 0 Å². The normalized spacial score (nSPS) is 12.7. The molecule has 2 atom stereocenters. The summed E-state index contributed by atoms with van der Waals surface area (Å²) in [5.41, 5.74) is 0. The number of carbonyl (C=O) groups is 3. The number of rotatable bonds is 37. The summed E-state index contributed by atoms with van der Waals surface area (Å²) in [6.07, 6.45) is 31.0. The van der Waals surface area contributed by atoms with E-state index in [-0.39, 0.29) is 31.1 Å². The average molecular weight is 709 g/mol. The van der Waals surface area contributed by atoms with E-state index in [2.05, 4.69) is 41.5 Å². The maximum Gasteiger partial charge on any atom is 0.306 e. The molecule has 0 bridgehead atoms. The Labute approximate surface area is 310 Å². The lowest BCUT2D eigenvalue weighted by atomic mass is 9.99. The minimum Gasteiger partial charge on any atom is -0.462 e. The topological polar surface area (TPSA) is 78.9 Å². The molecule has 0 saturated heterocycles. The van der Waals surface area contributed by atoms with E-state index in [0.29, 0.717) is 19.3 Å². The lowest BCUT2D eigenvalue weighted by Crippen LogP contribution is -2.30. The van der Waals surface area contributed by atoms with E-state index >= 15 is 0 Å². The molecule has 0 aliphatic carbocycles. The second kappa shape index (κ2) is 35.8.